The van der Waals surface area contributed by atoms with Crippen LogP contribution < -0.4 is 5.32 Å². The van der Waals surface area contributed by atoms with Gasteiger partial charge in [0.25, 0.3) is 0 Å². The van der Waals surface area contributed by atoms with Crippen LogP contribution in [-0.2, 0) is 0 Å². The molecule has 0 saturated carbocycles. The molecule has 0 amide bonds. The van der Waals surface area contributed by atoms with E-state index in [1.807, 2.05) is 0 Å². The zero-order valence-electron chi connectivity index (χ0n) is 8.16. The summed E-state index contributed by atoms with van der Waals surface area (Å²) in [6.07, 6.45) is 2.64. The minimum absolute atomic E-state index is 0.595. The molecule has 1 aromatic rings. The largest absolute Gasteiger partial charge is 0.310 e. The maximum Gasteiger partial charge on any atom is 0.0320 e. The van der Waals surface area contributed by atoms with Crippen molar-refractivity contribution in [2.24, 2.45) is 5.92 Å². The molecule has 1 aliphatic heterocycles. The van der Waals surface area contributed by atoms with Crippen LogP contribution in [0.2, 0.25) is 0 Å². The number of nitrogens with one attached hydrogen (secondary N) is 1. The van der Waals surface area contributed by atoms with E-state index in [4.69, 9.17) is 0 Å². The molecule has 1 N–H and O–H groups in total. The summed E-state index contributed by atoms with van der Waals surface area (Å²) in [6.45, 7) is 3.48. The van der Waals surface area contributed by atoms with E-state index in [0.717, 1.165) is 5.92 Å². The third-order valence-electron chi connectivity index (χ3n) is 2.86. The van der Waals surface area contributed by atoms with Crippen molar-refractivity contribution in [2.75, 3.05) is 6.54 Å². The van der Waals surface area contributed by atoms with Gasteiger partial charge in [-0.1, -0.05) is 37.3 Å². The Morgan fingerprint density at radius 2 is 1.92 bits per heavy atom. The third kappa shape index (κ3) is 2.10. The molecule has 1 fully saturated rings. The van der Waals surface area contributed by atoms with E-state index in [-0.39, 0.29) is 0 Å². The van der Waals surface area contributed by atoms with Gasteiger partial charge >= 0.3 is 0 Å². The van der Waals surface area contributed by atoms with Crippen LogP contribution in [0.5, 0.6) is 0 Å². The summed E-state index contributed by atoms with van der Waals surface area (Å²) in [4.78, 5) is 0. The molecular weight excluding hydrogens is 158 g/mol. The van der Waals surface area contributed by atoms with Crippen LogP contribution in [0.4, 0.5) is 0 Å². The second-order valence-electron chi connectivity index (χ2n) is 4.05. The molecule has 2 rings (SSSR count). The van der Waals surface area contributed by atoms with Gasteiger partial charge in [-0.15, -0.1) is 0 Å². The van der Waals surface area contributed by atoms with Crippen LogP contribution >= 0.6 is 0 Å². The molecule has 0 aliphatic carbocycles. The van der Waals surface area contributed by atoms with Gasteiger partial charge in [0.2, 0.25) is 0 Å². The average molecular weight is 175 g/mol. The van der Waals surface area contributed by atoms with Gasteiger partial charge < -0.3 is 5.32 Å². The number of rotatable bonds is 1. The van der Waals surface area contributed by atoms with Crippen LogP contribution in [0.3, 0.4) is 0 Å². The summed E-state index contributed by atoms with van der Waals surface area (Å²) in [6, 6.07) is 11.3. The highest BCUT2D eigenvalue weighted by atomic mass is 14.9. The molecule has 0 spiro atoms. The molecule has 1 heteroatoms. The van der Waals surface area contributed by atoms with Gasteiger partial charge in [-0.05, 0) is 30.9 Å². The Morgan fingerprint density at radius 1 is 1.15 bits per heavy atom. The molecular formula is C12H17N. The first kappa shape index (κ1) is 8.76. The lowest BCUT2D eigenvalue weighted by molar-refractivity contribution is 0.333. The molecule has 0 unspecified atom stereocenters. The number of hydrogen-bond donors (Lipinski definition) is 1. The van der Waals surface area contributed by atoms with Gasteiger partial charge in [0, 0.05) is 6.04 Å². The SMILES string of the molecule is C[C@H]1CC[C@@H](c2ccccc2)NC1. The lowest BCUT2D eigenvalue weighted by Crippen LogP contribution is -2.31. The van der Waals surface area contributed by atoms with E-state index < -0.39 is 0 Å². The van der Waals surface area contributed by atoms with Crippen molar-refractivity contribution >= 4 is 0 Å². The van der Waals surface area contributed by atoms with Crippen LogP contribution in [0.25, 0.3) is 0 Å². The smallest absolute Gasteiger partial charge is 0.0320 e. The van der Waals surface area contributed by atoms with Crippen molar-refractivity contribution < 1.29 is 0 Å². The van der Waals surface area contributed by atoms with E-state index in [2.05, 4.69) is 42.6 Å². The van der Waals surface area contributed by atoms with E-state index in [0.29, 0.717) is 6.04 Å². The molecule has 2 atom stereocenters. The predicted octanol–water partition coefficient (Wildman–Crippen LogP) is 2.75. The van der Waals surface area contributed by atoms with Crippen LogP contribution in [0.1, 0.15) is 31.4 Å². The zero-order chi connectivity index (χ0) is 9.10. The Hall–Kier alpha value is -0.820. The molecule has 70 valence electrons. The Balaban J connectivity index is 2.03. The fourth-order valence-electron chi connectivity index (χ4n) is 1.97. The molecule has 1 aromatic carbocycles. The summed E-state index contributed by atoms with van der Waals surface area (Å²) in [5.41, 5.74) is 1.44. The van der Waals surface area contributed by atoms with Gasteiger partial charge in [0.05, 0.1) is 0 Å². The molecule has 0 radical (unpaired) electrons. The lowest BCUT2D eigenvalue weighted by atomic mass is 9.92. The first-order chi connectivity index (χ1) is 6.36. The van der Waals surface area contributed by atoms with Gasteiger partial charge in [-0.2, -0.15) is 0 Å². The summed E-state index contributed by atoms with van der Waals surface area (Å²) in [7, 11) is 0. The summed E-state index contributed by atoms with van der Waals surface area (Å²) in [5, 5.41) is 3.59. The Labute approximate surface area is 80.2 Å². The van der Waals surface area contributed by atoms with Crippen molar-refractivity contribution in [2.45, 2.75) is 25.8 Å². The molecule has 13 heavy (non-hydrogen) atoms. The fraction of sp³-hybridized carbons (Fsp3) is 0.500. The van der Waals surface area contributed by atoms with Gasteiger partial charge in [-0.3, -0.25) is 0 Å². The highest BCUT2D eigenvalue weighted by molar-refractivity contribution is 5.19. The Bertz CT molecular complexity index is 247. The maximum absolute atomic E-state index is 3.59. The van der Waals surface area contributed by atoms with Crippen LogP contribution in [0, 0.1) is 5.92 Å². The second-order valence-corrected chi connectivity index (χ2v) is 4.05. The second kappa shape index (κ2) is 3.93. The standard InChI is InChI=1S/C12H17N/c1-10-7-8-12(13-9-10)11-5-3-2-4-6-11/h2-6,10,12-13H,7-9H2,1H3/t10-,12-/m0/s1. The third-order valence-corrected chi connectivity index (χ3v) is 2.86. The maximum atomic E-state index is 3.59. The molecule has 0 aromatic heterocycles. The first-order valence-corrected chi connectivity index (χ1v) is 5.14. The van der Waals surface area contributed by atoms with Gasteiger partial charge in [0.15, 0.2) is 0 Å². The van der Waals surface area contributed by atoms with Crippen molar-refractivity contribution in [3.63, 3.8) is 0 Å². The quantitative estimate of drug-likeness (QED) is 0.692. The molecule has 1 nitrogen and oxygen atoms in total. The number of piperidine rings is 1. The summed E-state index contributed by atoms with van der Waals surface area (Å²) < 4.78 is 0. The molecule has 1 aliphatic rings. The van der Waals surface area contributed by atoms with Crippen LogP contribution in [0.15, 0.2) is 30.3 Å². The number of hydrogen-bond acceptors (Lipinski definition) is 1. The van der Waals surface area contributed by atoms with Gasteiger partial charge in [-0.25, -0.2) is 0 Å². The summed E-state index contributed by atoms with van der Waals surface area (Å²) >= 11 is 0. The fourth-order valence-corrected chi connectivity index (χ4v) is 1.97. The highest BCUT2D eigenvalue weighted by Crippen LogP contribution is 2.24. The number of benzene rings is 1. The normalized spacial score (nSPS) is 28.7. The monoisotopic (exact) mass is 175 g/mol. The first-order valence-electron chi connectivity index (χ1n) is 5.14. The van der Waals surface area contributed by atoms with E-state index in [1.165, 1.54) is 24.9 Å². The molecule has 1 heterocycles. The Morgan fingerprint density at radius 3 is 2.54 bits per heavy atom. The van der Waals surface area contributed by atoms with Crippen molar-refractivity contribution in [1.82, 2.24) is 5.32 Å². The van der Waals surface area contributed by atoms with Crippen LogP contribution in [-0.4, -0.2) is 6.54 Å². The van der Waals surface area contributed by atoms with E-state index in [1.54, 1.807) is 0 Å². The zero-order valence-corrected chi connectivity index (χ0v) is 8.16. The molecule has 1 saturated heterocycles. The minimum Gasteiger partial charge on any atom is -0.310 e. The minimum atomic E-state index is 0.595. The highest BCUT2D eigenvalue weighted by Gasteiger charge is 2.17. The van der Waals surface area contributed by atoms with E-state index in [9.17, 15) is 0 Å². The summed E-state index contributed by atoms with van der Waals surface area (Å²) in [5.74, 6) is 0.847. The van der Waals surface area contributed by atoms with Crippen molar-refractivity contribution in [3.05, 3.63) is 35.9 Å². The van der Waals surface area contributed by atoms with Crippen molar-refractivity contribution in [3.8, 4) is 0 Å². The average Bonchev–Trinajstić information content (AvgIpc) is 2.20. The topological polar surface area (TPSA) is 12.0 Å². The van der Waals surface area contributed by atoms with E-state index >= 15 is 0 Å². The van der Waals surface area contributed by atoms with Crippen molar-refractivity contribution in [1.29, 1.82) is 0 Å². The van der Waals surface area contributed by atoms with Gasteiger partial charge in [0.1, 0.15) is 0 Å². The molecule has 0 bridgehead atoms. The lowest BCUT2D eigenvalue weighted by Gasteiger charge is -2.28. The Kier molecular flexibility index (Phi) is 2.65. The predicted molar refractivity (Wildman–Crippen MR) is 55.6 cm³/mol.